The fourth-order valence-corrected chi connectivity index (χ4v) is 0.899. The molecule has 0 fully saturated rings. The van der Waals surface area contributed by atoms with E-state index in [4.69, 9.17) is 0 Å². The minimum atomic E-state index is -0.674. The topological polar surface area (TPSA) is 43.4 Å². The van der Waals surface area contributed by atoms with Crippen LogP contribution in [0.25, 0.3) is 0 Å². The molecule has 68 valence electrons. The average Bonchev–Trinajstić information content (AvgIpc) is 2.05. The van der Waals surface area contributed by atoms with Gasteiger partial charge < -0.3 is 4.74 Å². The number of rotatable bonds is 4. The van der Waals surface area contributed by atoms with Crippen molar-refractivity contribution in [3.8, 4) is 0 Å². The van der Waals surface area contributed by atoms with Gasteiger partial charge in [-0.05, 0) is 18.9 Å². The minimum Gasteiger partial charge on any atom is -0.468 e. The standard InChI is InChI=1S/C9H14O3/c1-5-7(9(11)12-4)8(10)6(2)3/h7H,2,5H2,1,3-4H3. The number of ketones is 1. The average molecular weight is 170 g/mol. The van der Waals surface area contributed by atoms with E-state index < -0.39 is 11.9 Å². The van der Waals surface area contributed by atoms with E-state index in [1.54, 1.807) is 13.8 Å². The maximum atomic E-state index is 11.3. The number of carbonyl (C=O) groups is 2. The van der Waals surface area contributed by atoms with Gasteiger partial charge in [0.25, 0.3) is 0 Å². The van der Waals surface area contributed by atoms with Gasteiger partial charge in [-0.1, -0.05) is 13.5 Å². The first kappa shape index (κ1) is 10.9. The van der Waals surface area contributed by atoms with E-state index in [2.05, 4.69) is 11.3 Å². The highest BCUT2D eigenvalue weighted by Crippen LogP contribution is 2.10. The third-order valence-corrected chi connectivity index (χ3v) is 1.63. The van der Waals surface area contributed by atoms with E-state index in [0.717, 1.165) is 0 Å². The van der Waals surface area contributed by atoms with Crippen molar-refractivity contribution in [3.63, 3.8) is 0 Å². The van der Waals surface area contributed by atoms with Crippen molar-refractivity contribution in [3.05, 3.63) is 12.2 Å². The molecule has 0 amide bonds. The molecule has 3 nitrogen and oxygen atoms in total. The summed E-state index contributed by atoms with van der Waals surface area (Å²) in [7, 11) is 1.27. The lowest BCUT2D eigenvalue weighted by atomic mass is 9.97. The van der Waals surface area contributed by atoms with Crippen molar-refractivity contribution < 1.29 is 14.3 Å². The molecule has 1 unspecified atom stereocenters. The van der Waals surface area contributed by atoms with Crippen LogP contribution in [0, 0.1) is 5.92 Å². The third-order valence-electron chi connectivity index (χ3n) is 1.63. The molecule has 0 saturated heterocycles. The van der Waals surface area contributed by atoms with Crippen LogP contribution in [0.3, 0.4) is 0 Å². The monoisotopic (exact) mass is 170 g/mol. The van der Waals surface area contributed by atoms with Gasteiger partial charge in [0.15, 0.2) is 5.78 Å². The van der Waals surface area contributed by atoms with E-state index in [0.29, 0.717) is 12.0 Å². The smallest absolute Gasteiger partial charge is 0.316 e. The first-order valence-electron chi connectivity index (χ1n) is 3.82. The first-order valence-corrected chi connectivity index (χ1v) is 3.82. The van der Waals surface area contributed by atoms with Crippen molar-refractivity contribution in [1.29, 1.82) is 0 Å². The summed E-state index contributed by atoms with van der Waals surface area (Å²) >= 11 is 0. The second kappa shape index (κ2) is 4.70. The highest BCUT2D eigenvalue weighted by molar-refractivity contribution is 6.07. The molecule has 0 radical (unpaired) electrons. The molecule has 3 heteroatoms. The van der Waals surface area contributed by atoms with Crippen molar-refractivity contribution >= 4 is 11.8 Å². The minimum absolute atomic E-state index is 0.232. The fraction of sp³-hybridized carbons (Fsp3) is 0.556. The molecule has 0 spiro atoms. The Morgan fingerprint density at radius 3 is 2.25 bits per heavy atom. The second-order valence-electron chi connectivity index (χ2n) is 2.63. The zero-order chi connectivity index (χ0) is 9.72. The Bertz CT molecular complexity index is 206. The lowest BCUT2D eigenvalue weighted by Crippen LogP contribution is -2.24. The Morgan fingerprint density at radius 2 is 2.00 bits per heavy atom. The Kier molecular flexibility index (Phi) is 4.26. The summed E-state index contributed by atoms with van der Waals surface area (Å²) in [6.45, 7) is 6.84. The van der Waals surface area contributed by atoms with Crippen LogP contribution in [0.1, 0.15) is 20.3 Å². The summed E-state index contributed by atoms with van der Waals surface area (Å²) in [6, 6.07) is 0. The zero-order valence-electron chi connectivity index (χ0n) is 7.72. The number of allylic oxidation sites excluding steroid dienone is 1. The molecule has 1 atom stereocenters. The van der Waals surface area contributed by atoms with Crippen LogP contribution in [0.5, 0.6) is 0 Å². The number of esters is 1. The molecule has 0 bridgehead atoms. The molecule has 0 N–H and O–H groups in total. The van der Waals surface area contributed by atoms with E-state index in [1.165, 1.54) is 7.11 Å². The van der Waals surface area contributed by atoms with Gasteiger partial charge in [0.05, 0.1) is 7.11 Å². The lowest BCUT2D eigenvalue weighted by molar-refractivity contribution is -0.148. The molecule has 0 aromatic heterocycles. The van der Waals surface area contributed by atoms with E-state index in [-0.39, 0.29) is 5.78 Å². The molecule has 0 saturated carbocycles. The van der Waals surface area contributed by atoms with Gasteiger partial charge in [0.1, 0.15) is 5.92 Å². The zero-order valence-corrected chi connectivity index (χ0v) is 7.72. The molecular weight excluding hydrogens is 156 g/mol. The maximum absolute atomic E-state index is 11.3. The number of carbonyl (C=O) groups excluding carboxylic acids is 2. The highest BCUT2D eigenvalue weighted by Gasteiger charge is 2.25. The molecule has 12 heavy (non-hydrogen) atoms. The van der Waals surface area contributed by atoms with Crippen molar-refractivity contribution in [2.45, 2.75) is 20.3 Å². The van der Waals surface area contributed by atoms with E-state index in [1.807, 2.05) is 0 Å². The van der Waals surface area contributed by atoms with Gasteiger partial charge in [-0.15, -0.1) is 0 Å². The Hall–Kier alpha value is -1.12. The molecule has 0 aliphatic carbocycles. The number of ether oxygens (including phenoxy) is 1. The normalized spacial score (nSPS) is 11.9. The summed E-state index contributed by atoms with van der Waals surface area (Å²) in [4.78, 5) is 22.3. The van der Waals surface area contributed by atoms with E-state index >= 15 is 0 Å². The quantitative estimate of drug-likeness (QED) is 0.363. The number of methoxy groups -OCH3 is 1. The second-order valence-corrected chi connectivity index (χ2v) is 2.63. The number of hydrogen-bond acceptors (Lipinski definition) is 3. The van der Waals surface area contributed by atoms with Crippen molar-refractivity contribution in [2.24, 2.45) is 5.92 Å². The molecular formula is C9H14O3. The van der Waals surface area contributed by atoms with Crippen LogP contribution in [0.2, 0.25) is 0 Å². The summed E-state index contributed by atoms with van der Waals surface area (Å²) in [5, 5.41) is 0. The van der Waals surface area contributed by atoms with Crippen molar-refractivity contribution in [2.75, 3.05) is 7.11 Å². The third kappa shape index (κ3) is 2.49. The van der Waals surface area contributed by atoms with Crippen molar-refractivity contribution in [1.82, 2.24) is 0 Å². The SMILES string of the molecule is C=C(C)C(=O)C(CC)C(=O)OC. The van der Waals surface area contributed by atoms with Gasteiger partial charge in [-0.2, -0.15) is 0 Å². The molecule has 0 aliphatic rings. The number of hydrogen-bond donors (Lipinski definition) is 0. The fourth-order valence-electron chi connectivity index (χ4n) is 0.899. The van der Waals surface area contributed by atoms with Gasteiger partial charge in [-0.25, -0.2) is 0 Å². The first-order chi connectivity index (χ1) is 5.54. The van der Waals surface area contributed by atoms with Gasteiger partial charge in [0.2, 0.25) is 0 Å². The van der Waals surface area contributed by atoms with Crippen LogP contribution >= 0.6 is 0 Å². The summed E-state index contributed by atoms with van der Waals surface area (Å²) in [5.41, 5.74) is 0.396. The van der Waals surface area contributed by atoms with Crippen LogP contribution in [0.4, 0.5) is 0 Å². The molecule has 0 aliphatic heterocycles. The van der Waals surface area contributed by atoms with E-state index in [9.17, 15) is 9.59 Å². The largest absolute Gasteiger partial charge is 0.468 e. The summed E-state index contributed by atoms with van der Waals surface area (Å²) < 4.78 is 4.47. The van der Waals surface area contributed by atoms with Crippen LogP contribution in [0.15, 0.2) is 12.2 Å². The summed E-state index contributed by atoms with van der Waals surface area (Å²) in [5.74, 6) is -1.39. The van der Waals surface area contributed by atoms with Crippen LogP contribution < -0.4 is 0 Å². The highest BCUT2D eigenvalue weighted by atomic mass is 16.5. The molecule has 0 rings (SSSR count). The lowest BCUT2D eigenvalue weighted by Gasteiger charge is -2.10. The Labute approximate surface area is 72.4 Å². The van der Waals surface area contributed by atoms with Crippen LogP contribution in [-0.2, 0) is 14.3 Å². The Balaban J connectivity index is 4.45. The van der Waals surface area contributed by atoms with Gasteiger partial charge >= 0.3 is 5.97 Å². The van der Waals surface area contributed by atoms with Gasteiger partial charge in [-0.3, -0.25) is 9.59 Å². The number of Topliss-reactive ketones (excluding diaryl/α,β-unsaturated/α-hetero) is 1. The van der Waals surface area contributed by atoms with Crippen LogP contribution in [-0.4, -0.2) is 18.9 Å². The molecule has 0 aromatic rings. The molecule has 0 aromatic carbocycles. The maximum Gasteiger partial charge on any atom is 0.316 e. The summed E-state index contributed by atoms with van der Waals surface area (Å²) in [6.07, 6.45) is 0.457. The molecule has 0 heterocycles. The Morgan fingerprint density at radius 1 is 1.50 bits per heavy atom. The predicted molar refractivity (Wildman–Crippen MR) is 45.6 cm³/mol. The predicted octanol–water partition coefficient (Wildman–Crippen LogP) is 1.33. The van der Waals surface area contributed by atoms with Gasteiger partial charge in [0, 0.05) is 0 Å².